The number of methoxy groups -OCH3 is 1. The summed E-state index contributed by atoms with van der Waals surface area (Å²) in [5.41, 5.74) is 7.69. The van der Waals surface area contributed by atoms with Gasteiger partial charge in [-0.15, -0.1) is 0 Å². The molecule has 0 radical (unpaired) electrons. The predicted octanol–water partition coefficient (Wildman–Crippen LogP) is 1.81. The van der Waals surface area contributed by atoms with Crippen LogP contribution in [0.15, 0.2) is 18.2 Å². The van der Waals surface area contributed by atoms with Crippen LogP contribution in [0.5, 0.6) is 0 Å². The Hall–Kier alpha value is -1.46. The highest BCUT2D eigenvalue weighted by atomic mass is 16.6. The highest BCUT2D eigenvalue weighted by molar-refractivity contribution is 5.44. The Bertz CT molecular complexity index is 393. The number of aryl methyl sites for hydroxylation is 1. The summed E-state index contributed by atoms with van der Waals surface area (Å²) in [7, 11) is 1.61. The van der Waals surface area contributed by atoms with Gasteiger partial charge < -0.3 is 10.5 Å². The molecule has 1 atom stereocenters. The highest BCUT2D eigenvalue weighted by Crippen LogP contribution is 2.22. The quantitative estimate of drug-likeness (QED) is 0.605. The smallest absolute Gasteiger partial charge is 0.272 e. The van der Waals surface area contributed by atoms with Crippen LogP contribution < -0.4 is 5.73 Å². The van der Waals surface area contributed by atoms with Crippen molar-refractivity contribution in [1.82, 2.24) is 0 Å². The summed E-state index contributed by atoms with van der Waals surface area (Å²) in [5.74, 6) is 0. The van der Waals surface area contributed by atoms with Crippen molar-refractivity contribution in [3.8, 4) is 0 Å². The molecule has 0 aliphatic rings. The SMILES string of the molecule is COCC(N)CCc1cccc([N+](=O)[O-])c1C. The second kappa shape index (κ2) is 6.32. The van der Waals surface area contributed by atoms with Gasteiger partial charge in [0.15, 0.2) is 0 Å². The second-order valence-electron chi connectivity index (χ2n) is 4.07. The molecule has 2 N–H and O–H groups in total. The van der Waals surface area contributed by atoms with Gasteiger partial charge in [-0.1, -0.05) is 12.1 Å². The van der Waals surface area contributed by atoms with Gasteiger partial charge in [0, 0.05) is 24.8 Å². The van der Waals surface area contributed by atoms with Gasteiger partial charge in [-0.2, -0.15) is 0 Å². The summed E-state index contributed by atoms with van der Waals surface area (Å²) in [6, 6.07) is 5.11. The average Bonchev–Trinajstić information content (AvgIpc) is 2.27. The first-order chi connectivity index (χ1) is 8.06. The predicted molar refractivity (Wildman–Crippen MR) is 66.0 cm³/mol. The molecular weight excluding hydrogens is 220 g/mol. The minimum absolute atomic E-state index is 0.0290. The minimum Gasteiger partial charge on any atom is -0.383 e. The number of rotatable bonds is 6. The summed E-state index contributed by atoms with van der Waals surface area (Å²) in [6.07, 6.45) is 1.49. The molecule has 1 aromatic carbocycles. The van der Waals surface area contributed by atoms with Crippen LogP contribution in [-0.4, -0.2) is 24.7 Å². The third kappa shape index (κ3) is 3.80. The van der Waals surface area contributed by atoms with E-state index in [1.165, 1.54) is 6.07 Å². The number of ether oxygens (including phenoxy) is 1. The van der Waals surface area contributed by atoms with Gasteiger partial charge in [-0.25, -0.2) is 0 Å². The summed E-state index contributed by atoms with van der Waals surface area (Å²) in [4.78, 5) is 10.4. The Kier molecular flexibility index (Phi) is 5.06. The Balaban J connectivity index is 2.72. The maximum absolute atomic E-state index is 10.8. The molecule has 0 amide bonds. The van der Waals surface area contributed by atoms with Gasteiger partial charge in [0.1, 0.15) is 0 Å². The number of benzene rings is 1. The van der Waals surface area contributed by atoms with E-state index in [9.17, 15) is 10.1 Å². The van der Waals surface area contributed by atoms with Gasteiger partial charge in [0.05, 0.1) is 11.5 Å². The third-order valence-corrected chi connectivity index (χ3v) is 2.78. The highest BCUT2D eigenvalue weighted by Gasteiger charge is 2.13. The third-order valence-electron chi connectivity index (χ3n) is 2.78. The molecule has 5 nitrogen and oxygen atoms in total. The average molecular weight is 238 g/mol. The Morgan fingerprint density at radius 1 is 1.53 bits per heavy atom. The second-order valence-corrected chi connectivity index (χ2v) is 4.07. The molecule has 5 heteroatoms. The molecule has 0 aromatic heterocycles. The molecule has 0 heterocycles. The Labute approximate surface area is 101 Å². The zero-order chi connectivity index (χ0) is 12.8. The lowest BCUT2D eigenvalue weighted by molar-refractivity contribution is -0.385. The molecule has 0 saturated heterocycles. The van der Waals surface area contributed by atoms with E-state index in [4.69, 9.17) is 10.5 Å². The fourth-order valence-corrected chi connectivity index (χ4v) is 1.78. The summed E-state index contributed by atoms with van der Waals surface area (Å²) < 4.78 is 4.95. The number of nitrogens with zero attached hydrogens (tertiary/aromatic N) is 1. The number of nitro groups is 1. The van der Waals surface area contributed by atoms with Crippen LogP contribution in [0.3, 0.4) is 0 Å². The number of hydrogen-bond acceptors (Lipinski definition) is 4. The fraction of sp³-hybridized carbons (Fsp3) is 0.500. The zero-order valence-electron chi connectivity index (χ0n) is 10.2. The van der Waals surface area contributed by atoms with E-state index >= 15 is 0 Å². The maximum Gasteiger partial charge on any atom is 0.272 e. The number of hydrogen-bond donors (Lipinski definition) is 1. The van der Waals surface area contributed by atoms with Crippen LogP contribution in [-0.2, 0) is 11.2 Å². The monoisotopic (exact) mass is 238 g/mol. The van der Waals surface area contributed by atoms with Crippen molar-refractivity contribution in [2.24, 2.45) is 5.73 Å². The molecule has 0 aliphatic carbocycles. The van der Waals surface area contributed by atoms with Crippen LogP contribution in [0.4, 0.5) is 5.69 Å². The van der Waals surface area contributed by atoms with Gasteiger partial charge >= 0.3 is 0 Å². The van der Waals surface area contributed by atoms with Crippen molar-refractivity contribution in [2.75, 3.05) is 13.7 Å². The van der Waals surface area contributed by atoms with Gasteiger partial charge in [0.2, 0.25) is 0 Å². The van der Waals surface area contributed by atoms with Crippen LogP contribution >= 0.6 is 0 Å². The molecule has 17 heavy (non-hydrogen) atoms. The molecule has 0 bridgehead atoms. The Morgan fingerprint density at radius 2 is 2.24 bits per heavy atom. The van der Waals surface area contributed by atoms with Crippen LogP contribution in [0.2, 0.25) is 0 Å². The first-order valence-corrected chi connectivity index (χ1v) is 5.53. The Morgan fingerprint density at radius 3 is 2.82 bits per heavy atom. The molecule has 1 aromatic rings. The van der Waals surface area contributed by atoms with E-state index in [1.54, 1.807) is 20.1 Å². The van der Waals surface area contributed by atoms with Crippen LogP contribution in [0.25, 0.3) is 0 Å². The number of nitrogens with two attached hydrogens (primary N) is 1. The van der Waals surface area contributed by atoms with Crippen molar-refractivity contribution in [3.63, 3.8) is 0 Å². The standard InChI is InChI=1S/C12H18N2O3/c1-9-10(6-7-11(13)8-17-2)4-3-5-12(9)14(15)16/h3-5,11H,6-8,13H2,1-2H3. The number of nitro benzene ring substituents is 1. The van der Waals surface area contributed by atoms with Gasteiger partial charge in [0.25, 0.3) is 5.69 Å². The van der Waals surface area contributed by atoms with E-state index in [0.717, 1.165) is 24.0 Å². The lowest BCUT2D eigenvalue weighted by Crippen LogP contribution is -2.26. The molecule has 1 unspecified atom stereocenters. The summed E-state index contributed by atoms with van der Waals surface area (Å²) in [5, 5.41) is 10.8. The van der Waals surface area contributed by atoms with E-state index in [0.29, 0.717) is 6.61 Å². The fourth-order valence-electron chi connectivity index (χ4n) is 1.78. The zero-order valence-corrected chi connectivity index (χ0v) is 10.2. The van der Waals surface area contributed by atoms with Crippen molar-refractivity contribution in [2.45, 2.75) is 25.8 Å². The van der Waals surface area contributed by atoms with E-state index in [1.807, 2.05) is 6.07 Å². The van der Waals surface area contributed by atoms with Gasteiger partial charge in [-0.05, 0) is 25.3 Å². The van der Waals surface area contributed by atoms with Crippen molar-refractivity contribution in [3.05, 3.63) is 39.4 Å². The molecule has 94 valence electrons. The summed E-state index contributed by atoms with van der Waals surface area (Å²) >= 11 is 0. The van der Waals surface area contributed by atoms with Crippen molar-refractivity contribution >= 4 is 5.69 Å². The first-order valence-electron chi connectivity index (χ1n) is 5.53. The minimum atomic E-state index is -0.353. The molecule has 0 aliphatic heterocycles. The summed E-state index contributed by atoms with van der Waals surface area (Å²) in [6.45, 7) is 2.28. The van der Waals surface area contributed by atoms with E-state index < -0.39 is 0 Å². The van der Waals surface area contributed by atoms with Crippen molar-refractivity contribution < 1.29 is 9.66 Å². The van der Waals surface area contributed by atoms with Gasteiger partial charge in [-0.3, -0.25) is 10.1 Å². The van der Waals surface area contributed by atoms with E-state index in [-0.39, 0.29) is 16.7 Å². The maximum atomic E-state index is 10.8. The molecule has 0 fully saturated rings. The molecule has 0 saturated carbocycles. The largest absolute Gasteiger partial charge is 0.383 e. The lowest BCUT2D eigenvalue weighted by Gasteiger charge is -2.11. The topological polar surface area (TPSA) is 78.4 Å². The van der Waals surface area contributed by atoms with Crippen LogP contribution in [0, 0.1) is 17.0 Å². The normalized spacial score (nSPS) is 12.4. The molecule has 0 spiro atoms. The first kappa shape index (κ1) is 13.6. The molecular formula is C12H18N2O3. The molecule has 1 rings (SSSR count). The van der Waals surface area contributed by atoms with Crippen LogP contribution in [0.1, 0.15) is 17.5 Å². The lowest BCUT2D eigenvalue weighted by atomic mass is 10.0. The van der Waals surface area contributed by atoms with E-state index in [2.05, 4.69) is 0 Å². The van der Waals surface area contributed by atoms with Crippen molar-refractivity contribution in [1.29, 1.82) is 0 Å².